The minimum Gasteiger partial charge on any atom is -0.497 e. The first-order valence-electron chi connectivity index (χ1n) is 5.20. The van der Waals surface area contributed by atoms with Crippen molar-refractivity contribution >= 4 is 6.29 Å². The van der Waals surface area contributed by atoms with Crippen LogP contribution in [0.2, 0.25) is 0 Å². The molecule has 5 heteroatoms. The van der Waals surface area contributed by atoms with Crippen molar-refractivity contribution in [1.82, 2.24) is 10.1 Å². The van der Waals surface area contributed by atoms with Gasteiger partial charge in [-0.15, -0.1) is 0 Å². The molecule has 1 heterocycles. The number of hydrogen-bond acceptors (Lipinski definition) is 5. The molecule has 1 aromatic heterocycles. The summed E-state index contributed by atoms with van der Waals surface area (Å²) in [6.07, 6.45) is 1.48. The van der Waals surface area contributed by atoms with Crippen LogP contribution in [-0.2, 0) is 17.6 Å². The molecule has 2 aromatic rings. The normalized spacial score (nSPS) is 10.2. The first-order chi connectivity index (χ1) is 8.31. The van der Waals surface area contributed by atoms with E-state index in [1.807, 2.05) is 24.3 Å². The summed E-state index contributed by atoms with van der Waals surface area (Å²) in [5.74, 6) is 1.74. The molecule has 0 aliphatic carbocycles. The van der Waals surface area contributed by atoms with Gasteiger partial charge in [0.1, 0.15) is 12.0 Å². The Morgan fingerprint density at radius 2 is 2.12 bits per heavy atom. The molecule has 17 heavy (non-hydrogen) atoms. The number of hydrogen-bond donors (Lipinski definition) is 0. The second kappa shape index (κ2) is 5.25. The van der Waals surface area contributed by atoms with Crippen molar-refractivity contribution in [3.63, 3.8) is 0 Å². The van der Waals surface area contributed by atoms with Crippen LogP contribution in [0.1, 0.15) is 17.3 Å². The van der Waals surface area contributed by atoms with Gasteiger partial charge >= 0.3 is 0 Å². The van der Waals surface area contributed by atoms with Crippen LogP contribution >= 0.6 is 0 Å². The highest BCUT2D eigenvalue weighted by atomic mass is 16.5. The monoisotopic (exact) mass is 232 g/mol. The fourth-order valence-corrected chi connectivity index (χ4v) is 1.44. The molecule has 0 bridgehead atoms. The van der Waals surface area contributed by atoms with E-state index in [-0.39, 0.29) is 6.42 Å². The highest BCUT2D eigenvalue weighted by molar-refractivity contribution is 5.52. The molecule has 0 saturated carbocycles. The lowest BCUT2D eigenvalue weighted by Crippen LogP contribution is -1.92. The van der Waals surface area contributed by atoms with E-state index in [0.29, 0.717) is 18.1 Å². The molecule has 0 spiro atoms. The molecule has 0 saturated heterocycles. The van der Waals surface area contributed by atoms with Crippen molar-refractivity contribution in [3.8, 4) is 5.75 Å². The molecule has 1 aromatic carbocycles. The van der Waals surface area contributed by atoms with Crippen LogP contribution in [0.4, 0.5) is 0 Å². The second-order valence-electron chi connectivity index (χ2n) is 3.50. The molecule has 0 fully saturated rings. The van der Waals surface area contributed by atoms with Crippen LogP contribution in [0.25, 0.3) is 0 Å². The predicted octanol–water partition coefficient (Wildman–Crippen LogP) is 1.41. The lowest BCUT2D eigenvalue weighted by molar-refractivity contribution is -0.107. The van der Waals surface area contributed by atoms with Crippen molar-refractivity contribution in [1.29, 1.82) is 0 Å². The minimum absolute atomic E-state index is 0.162. The Kier molecular flexibility index (Phi) is 3.49. The standard InChI is InChI=1S/C12H12N2O3/c1-16-10-4-2-9(3-5-10)8-11-13-12(6-7-15)17-14-11/h2-5,7H,6,8H2,1H3. The highest BCUT2D eigenvalue weighted by Crippen LogP contribution is 2.13. The van der Waals surface area contributed by atoms with Gasteiger partial charge in [0.05, 0.1) is 13.5 Å². The van der Waals surface area contributed by atoms with Gasteiger partial charge in [0.25, 0.3) is 0 Å². The van der Waals surface area contributed by atoms with E-state index in [9.17, 15) is 4.79 Å². The van der Waals surface area contributed by atoms with Crippen molar-refractivity contribution in [3.05, 3.63) is 41.5 Å². The Morgan fingerprint density at radius 1 is 1.35 bits per heavy atom. The third kappa shape index (κ3) is 2.90. The fraction of sp³-hybridized carbons (Fsp3) is 0.250. The SMILES string of the molecule is COc1ccc(Cc2noc(CC=O)n2)cc1. The van der Waals surface area contributed by atoms with E-state index < -0.39 is 0 Å². The van der Waals surface area contributed by atoms with E-state index in [2.05, 4.69) is 10.1 Å². The summed E-state index contributed by atoms with van der Waals surface area (Å²) in [4.78, 5) is 14.4. The van der Waals surface area contributed by atoms with Gasteiger partial charge in [-0.2, -0.15) is 4.98 Å². The zero-order valence-electron chi connectivity index (χ0n) is 9.42. The van der Waals surface area contributed by atoms with Crippen molar-refractivity contribution in [2.24, 2.45) is 0 Å². The minimum atomic E-state index is 0.162. The summed E-state index contributed by atoms with van der Waals surface area (Å²) in [6, 6.07) is 7.63. The quantitative estimate of drug-likeness (QED) is 0.729. The van der Waals surface area contributed by atoms with Crippen LogP contribution in [0.15, 0.2) is 28.8 Å². The lowest BCUT2D eigenvalue weighted by atomic mass is 10.1. The molecule has 88 valence electrons. The number of nitrogens with zero attached hydrogens (tertiary/aromatic N) is 2. The number of benzene rings is 1. The van der Waals surface area contributed by atoms with Gasteiger partial charge in [-0.25, -0.2) is 0 Å². The van der Waals surface area contributed by atoms with Gasteiger partial charge < -0.3 is 14.1 Å². The molecule has 0 atom stereocenters. The number of carbonyl (C=O) groups excluding carboxylic acids is 1. The second-order valence-corrected chi connectivity index (χ2v) is 3.50. The Labute approximate surface area is 98.4 Å². The summed E-state index contributed by atoms with van der Waals surface area (Å²) in [7, 11) is 1.62. The topological polar surface area (TPSA) is 65.2 Å². The molecule has 2 rings (SSSR count). The number of carbonyl (C=O) groups is 1. The zero-order valence-corrected chi connectivity index (χ0v) is 9.42. The van der Waals surface area contributed by atoms with Crippen LogP contribution in [0.5, 0.6) is 5.75 Å². The molecular formula is C12H12N2O3. The molecule has 5 nitrogen and oxygen atoms in total. The molecular weight excluding hydrogens is 220 g/mol. The Morgan fingerprint density at radius 3 is 2.76 bits per heavy atom. The average molecular weight is 232 g/mol. The van der Waals surface area contributed by atoms with Crippen LogP contribution in [0.3, 0.4) is 0 Å². The third-order valence-corrected chi connectivity index (χ3v) is 2.29. The van der Waals surface area contributed by atoms with E-state index in [1.54, 1.807) is 7.11 Å². The lowest BCUT2D eigenvalue weighted by Gasteiger charge is -2.00. The zero-order chi connectivity index (χ0) is 12.1. The molecule has 0 amide bonds. The highest BCUT2D eigenvalue weighted by Gasteiger charge is 2.06. The van der Waals surface area contributed by atoms with E-state index in [0.717, 1.165) is 17.6 Å². The third-order valence-electron chi connectivity index (χ3n) is 2.29. The Hall–Kier alpha value is -2.17. The first kappa shape index (κ1) is 11.3. The van der Waals surface area contributed by atoms with Gasteiger partial charge in [0, 0.05) is 6.42 Å². The van der Waals surface area contributed by atoms with E-state index >= 15 is 0 Å². The average Bonchev–Trinajstić information content (AvgIpc) is 2.78. The summed E-state index contributed by atoms with van der Waals surface area (Å²) in [6.45, 7) is 0. The largest absolute Gasteiger partial charge is 0.497 e. The maximum atomic E-state index is 10.3. The van der Waals surface area contributed by atoms with Gasteiger partial charge in [-0.3, -0.25) is 0 Å². The van der Waals surface area contributed by atoms with Gasteiger partial charge in [0.2, 0.25) is 5.89 Å². The summed E-state index contributed by atoms with van der Waals surface area (Å²) in [5, 5.41) is 3.80. The summed E-state index contributed by atoms with van der Waals surface area (Å²) >= 11 is 0. The number of aldehydes is 1. The number of rotatable bonds is 5. The van der Waals surface area contributed by atoms with Gasteiger partial charge in [-0.1, -0.05) is 17.3 Å². The maximum Gasteiger partial charge on any atom is 0.233 e. The summed E-state index contributed by atoms with van der Waals surface area (Å²) < 4.78 is 9.97. The van der Waals surface area contributed by atoms with E-state index in [4.69, 9.17) is 9.26 Å². The summed E-state index contributed by atoms with van der Waals surface area (Å²) in [5.41, 5.74) is 1.06. The van der Waals surface area contributed by atoms with Crippen molar-refractivity contribution < 1.29 is 14.1 Å². The molecule has 0 unspecified atom stereocenters. The van der Waals surface area contributed by atoms with Crippen molar-refractivity contribution in [2.45, 2.75) is 12.8 Å². The van der Waals surface area contributed by atoms with Crippen LogP contribution in [0, 0.1) is 0 Å². The predicted molar refractivity (Wildman–Crippen MR) is 59.9 cm³/mol. The number of aromatic nitrogens is 2. The van der Waals surface area contributed by atoms with Gasteiger partial charge in [0.15, 0.2) is 5.82 Å². The van der Waals surface area contributed by atoms with Crippen LogP contribution in [-0.4, -0.2) is 23.5 Å². The molecule has 0 aliphatic rings. The fourth-order valence-electron chi connectivity index (χ4n) is 1.44. The first-order valence-corrected chi connectivity index (χ1v) is 5.20. The van der Waals surface area contributed by atoms with Crippen LogP contribution < -0.4 is 4.74 Å². The number of methoxy groups -OCH3 is 1. The molecule has 0 radical (unpaired) electrons. The van der Waals surface area contributed by atoms with Crippen molar-refractivity contribution in [2.75, 3.05) is 7.11 Å². The molecule has 0 aliphatic heterocycles. The number of ether oxygens (including phenoxy) is 1. The van der Waals surface area contributed by atoms with E-state index in [1.165, 1.54) is 0 Å². The smallest absolute Gasteiger partial charge is 0.233 e. The Bertz CT molecular complexity index is 491. The van der Waals surface area contributed by atoms with Gasteiger partial charge in [-0.05, 0) is 17.7 Å². The molecule has 0 N–H and O–H groups in total. The Balaban J connectivity index is 2.05. The maximum absolute atomic E-state index is 10.3.